The molecule has 0 bridgehead atoms. The van der Waals surface area contributed by atoms with Crippen molar-refractivity contribution in [2.75, 3.05) is 0 Å². The zero-order valence-electron chi connectivity index (χ0n) is 23.3. The van der Waals surface area contributed by atoms with Crippen LogP contribution in [0.3, 0.4) is 0 Å². The van der Waals surface area contributed by atoms with E-state index in [4.69, 9.17) is 31.1 Å². The quantitative estimate of drug-likeness (QED) is 0.175. The number of hydrogen-bond donors (Lipinski definition) is 1. The fourth-order valence-corrected chi connectivity index (χ4v) is 6.00. The van der Waals surface area contributed by atoms with Gasteiger partial charge in [0.05, 0.1) is 11.2 Å². The van der Waals surface area contributed by atoms with Crippen molar-refractivity contribution in [3.05, 3.63) is 34.9 Å². The number of halogens is 1. The van der Waals surface area contributed by atoms with E-state index in [1.807, 2.05) is 12.1 Å². The summed E-state index contributed by atoms with van der Waals surface area (Å²) >= 11 is 6.10. The molecule has 0 spiro atoms. The zero-order chi connectivity index (χ0) is 26.5. The molecule has 1 aromatic rings. The first-order valence-electron chi connectivity index (χ1n) is 13.3. The van der Waals surface area contributed by atoms with E-state index < -0.39 is 0 Å². The van der Waals surface area contributed by atoms with Crippen molar-refractivity contribution in [1.29, 1.82) is 5.41 Å². The molecular weight excluding hydrogens is 457 g/mol. The summed E-state index contributed by atoms with van der Waals surface area (Å²) in [6, 6.07) is 8.54. The summed E-state index contributed by atoms with van der Waals surface area (Å²) in [5, 5.41) is 6.24. The summed E-state index contributed by atoms with van der Waals surface area (Å²) in [7, 11) is -0.0595. The van der Waals surface area contributed by atoms with Crippen LogP contribution in [0.1, 0.15) is 112 Å². The average Bonchev–Trinajstić information content (AvgIpc) is 2.97. The monoisotopic (exact) mass is 503 g/mol. The molecular formula is C29H47BClNO3. The topological polar surface area (TPSA) is 59.4 Å². The Bertz CT molecular complexity index is 818. The first-order valence-corrected chi connectivity index (χ1v) is 13.7. The number of nitrogens with one attached hydrogen (secondary N) is 1. The molecule has 35 heavy (non-hydrogen) atoms. The van der Waals surface area contributed by atoms with Crippen molar-refractivity contribution in [1.82, 2.24) is 0 Å². The zero-order valence-corrected chi connectivity index (χ0v) is 24.1. The Morgan fingerprint density at radius 2 is 1.46 bits per heavy atom. The molecule has 1 saturated heterocycles. The lowest BCUT2D eigenvalue weighted by atomic mass is 9.54. The van der Waals surface area contributed by atoms with Gasteiger partial charge in [-0.25, -0.2) is 10.2 Å². The van der Waals surface area contributed by atoms with Crippen molar-refractivity contribution in [3.63, 3.8) is 0 Å². The van der Waals surface area contributed by atoms with Crippen molar-refractivity contribution in [2.45, 2.75) is 124 Å². The fraction of sp³-hybridized carbons (Fsp3) is 0.759. The Morgan fingerprint density at radius 1 is 0.971 bits per heavy atom. The summed E-state index contributed by atoms with van der Waals surface area (Å²) < 4.78 is 12.4. The van der Waals surface area contributed by atoms with Gasteiger partial charge >= 0.3 is 7.12 Å². The van der Waals surface area contributed by atoms with Gasteiger partial charge in [-0.05, 0) is 106 Å². The number of carbonyl (C=O) groups excluding carboxylic acids is 1. The molecule has 1 heterocycles. The van der Waals surface area contributed by atoms with Crippen molar-refractivity contribution in [2.24, 2.45) is 16.7 Å². The van der Waals surface area contributed by atoms with E-state index in [2.05, 4.69) is 67.5 Å². The minimum atomic E-state index is -0.222. The third-order valence-electron chi connectivity index (χ3n) is 9.37. The maximum atomic E-state index is 8.35. The molecule has 0 aromatic heterocycles. The molecule has 1 atom stereocenters. The highest BCUT2D eigenvalue weighted by atomic mass is 35.5. The summed E-state index contributed by atoms with van der Waals surface area (Å²) in [6.07, 6.45) is 10.7. The van der Waals surface area contributed by atoms with Crippen LogP contribution in [0.4, 0.5) is 0 Å². The highest BCUT2D eigenvalue weighted by molar-refractivity contribution is 6.45. The molecule has 1 N–H and O–H groups in total. The van der Waals surface area contributed by atoms with Crippen LogP contribution in [0, 0.1) is 22.2 Å². The van der Waals surface area contributed by atoms with Gasteiger partial charge in [0, 0.05) is 5.02 Å². The highest BCUT2D eigenvalue weighted by Gasteiger charge is 2.50. The maximum Gasteiger partial charge on any atom is 0.457 e. The van der Waals surface area contributed by atoms with E-state index >= 15 is 0 Å². The van der Waals surface area contributed by atoms with E-state index in [9.17, 15) is 0 Å². The standard InChI is InChI=1S/C28H46BClO2.CHNO/c1-25(2,3)28(8,19-9-10-20-29-31-26(4,5)27(6,7)32-29)23-15-11-21(12-16-23)22-13-17-24(30)18-14-22;2-1-3/h13-14,17-18,21,23H,9-12,15-16,19-20H2,1-8H3;2H. The second kappa shape index (κ2) is 11.9. The van der Waals surface area contributed by atoms with Crippen LogP contribution < -0.4 is 0 Å². The number of benzene rings is 1. The molecule has 1 unspecified atom stereocenters. The van der Waals surface area contributed by atoms with Crippen LogP contribution in [0.2, 0.25) is 11.3 Å². The molecule has 196 valence electrons. The first-order chi connectivity index (χ1) is 16.2. The SMILES string of the molecule is CC(C)(C)C(C)(CCCCB1OC(C)(C)C(C)(C)O1)C1CCC(c2ccc(Cl)cc2)CC1.N=C=O. The summed E-state index contributed by atoms with van der Waals surface area (Å²) in [5.74, 6) is 1.49. The van der Waals surface area contributed by atoms with E-state index in [1.54, 1.807) is 0 Å². The first kappa shape index (κ1) is 30.1. The average molecular weight is 504 g/mol. The van der Waals surface area contributed by atoms with Crippen LogP contribution >= 0.6 is 11.6 Å². The summed E-state index contributed by atoms with van der Waals surface area (Å²) in [4.78, 5) is 8.35. The Balaban J connectivity index is 0.00000137. The molecule has 4 nitrogen and oxygen atoms in total. The van der Waals surface area contributed by atoms with E-state index in [-0.39, 0.29) is 18.3 Å². The van der Waals surface area contributed by atoms with E-state index in [1.165, 1.54) is 50.5 Å². The molecule has 1 aromatic carbocycles. The molecule has 6 heteroatoms. The number of unbranched alkanes of at least 4 members (excludes halogenated alkanes) is 1. The summed E-state index contributed by atoms with van der Waals surface area (Å²) in [5.41, 5.74) is 1.68. The van der Waals surface area contributed by atoms with Crippen LogP contribution in [0.5, 0.6) is 0 Å². The minimum Gasteiger partial charge on any atom is -0.403 e. The van der Waals surface area contributed by atoms with E-state index in [0.717, 1.165) is 23.3 Å². The number of hydrogen-bond acceptors (Lipinski definition) is 4. The predicted molar refractivity (Wildman–Crippen MR) is 147 cm³/mol. The highest BCUT2D eigenvalue weighted by Crippen LogP contribution is 2.54. The second-order valence-electron chi connectivity index (χ2n) is 12.8. The van der Waals surface area contributed by atoms with Gasteiger partial charge < -0.3 is 9.31 Å². The largest absolute Gasteiger partial charge is 0.457 e. The van der Waals surface area contributed by atoms with Crippen molar-refractivity contribution >= 4 is 24.8 Å². The minimum absolute atomic E-state index is 0.0595. The molecule has 1 aliphatic heterocycles. The Labute approximate surface area is 219 Å². The molecule has 1 saturated carbocycles. The Hall–Kier alpha value is -1.13. The van der Waals surface area contributed by atoms with Gasteiger partial charge in [-0.2, -0.15) is 0 Å². The smallest absolute Gasteiger partial charge is 0.403 e. The van der Waals surface area contributed by atoms with Gasteiger partial charge in [0.15, 0.2) is 0 Å². The molecule has 2 fully saturated rings. The molecule has 0 radical (unpaired) electrons. The van der Waals surface area contributed by atoms with Gasteiger partial charge in [0.1, 0.15) is 0 Å². The van der Waals surface area contributed by atoms with Gasteiger partial charge in [-0.1, -0.05) is 64.3 Å². The normalized spacial score (nSPS) is 25.2. The third-order valence-corrected chi connectivity index (χ3v) is 9.62. The number of rotatable bonds is 7. The van der Waals surface area contributed by atoms with Crippen molar-refractivity contribution < 1.29 is 14.1 Å². The Kier molecular flexibility index (Phi) is 10.3. The van der Waals surface area contributed by atoms with Crippen LogP contribution in [-0.2, 0) is 14.1 Å². The molecule has 2 aliphatic rings. The van der Waals surface area contributed by atoms with Gasteiger partial charge in [0.2, 0.25) is 6.08 Å². The van der Waals surface area contributed by atoms with Crippen molar-refractivity contribution in [3.8, 4) is 0 Å². The molecule has 0 amide bonds. The lowest BCUT2D eigenvalue weighted by Crippen LogP contribution is -2.41. The predicted octanol–water partition coefficient (Wildman–Crippen LogP) is 8.83. The number of isocyanates is 1. The van der Waals surface area contributed by atoms with Crippen LogP contribution in [-0.4, -0.2) is 24.4 Å². The maximum absolute atomic E-state index is 8.35. The second-order valence-corrected chi connectivity index (χ2v) is 13.2. The van der Waals surface area contributed by atoms with E-state index in [0.29, 0.717) is 16.7 Å². The summed E-state index contributed by atoms with van der Waals surface area (Å²) in [6.45, 7) is 18.5. The van der Waals surface area contributed by atoms with Gasteiger partial charge in [-0.15, -0.1) is 0 Å². The molecule has 3 rings (SSSR count). The van der Waals surface area contributed by atoms with Crippen LogP contribution in [0.15, 0.2) is 24.3 Å². The lowest BCUT2D eigenvalue weighted by molar-refractivity contribution is 0.000468. The van der Waals surface area contributed by atoms with Gasteiger partial charge in [-0.3, -0.25) is 0 Å². The lowest BCUT2D eigenvalue weighted by Gasteiger charge is -2.50. The third kappa shape index (κ3) is 7.45. The molecule has 1 aliphatic carbocycles. The Morgan fingerprint density at radius 3 is 1.91 bits per heavy atom. The van der Waals surface area contributed by atoms with Crippen LogP contribution in [0.25, 0.3) is 0 Å². The van der Waals surface area contributed by atoms with Gasteiger partial charge in [0.25, 0.3) is 0 Å². The fourth-order valence-electron chi connectivity index (χ4n) is 5.88.